The zero-order valence-electron chi connectivity index (χ0n) is 17.3. The normalized spacial score (nSPS) is 12.3. The van der Waals surface area contributed by atoms with Gasteiger partial charge >= 0.3 is 0 Å². The van der Waals surface area contributed by atoms with Crippen LogP contribution in [-0.2, 0) is 14.8 Å². The van der Waals surface area contributed by atoms with Gasteiger partial charge in [-0.1, -0.05) is 29.0 Å². The fourth-order valence-corrected chi connectivity index (χ4v) is 4.95. The first-order valence-corrected chi connectivity index (χ1v) is 12.2. The zero-order chi connectivity index (χ0) is 22.8. The molecule has 1 amide bonds. The number of sulfonamides is 1. The van der Waals surface area contributed by atoms with Crippen molar-refractivity contribution in [1.82, 2.24) is 10.2 Å². The highest BCUT2D eigenvalue weighted by atomic mass is 35.5. The standard InChI is InChI=1S/C20H21ClN4O4S2/c1-12-5-8-15(11-17(12)21)25(31(4,27)28)13(2)18(26)22-20-24-23-19(30-20)14-6-9-16(29-3)10-7-14/h5-11,13H,1-4H3,(H,22,24,26). The summed E-state index contributed by atoms with van der Waals surface area (Å²) in [4.78, 5) is 12.8. The molecule has 0 bridgehead atoms. The Morgan fingerprint density at radius 3 is 2.45 bits per heavy atom. The highest BCUT2D eigenvalue weighted by Crippen LogP contribution is 2.29. The summed E-state index contributed by atoms with van der Waals surface area (Å²) in [5.41, 5.74) is 1.92. The molecule has 3 rings (SSSR count). The maximum Gasteiger partial charge on any atom is 0.249 e. The van der Waals surface area contributed by atoms with Crippen molar-refractivity contribution in [2.24, 2.45) is 0 Å². The summed E-state index contributed by atoms with van der Waals surface area (Å²) in [7, 11) is -2.18. The SMILES string of the molecule is COc1ccc(-c2nnc(NC(=O)C(C)N(c3ccc(C)c(Cl)c3)S(C)(=O)=O)s2)cc1. The molecule has 31 heavy (non-hydrogen) atoms. The van der Waals surface area contributed by atoms with Gasteiger partial charge < -0.3 is 4.74 Å². The number of nitrogens with zero attached hydrogens (tertiary/aromatic N) is 3. The summed E-state index contributed by atoms with van der Waals surface area (Å²) in [5.74, 6) is 0.173. The number of carbonyl (C=O) groups excluding carboxylic acids is 1. The zero-order valence-corrected chi connectivity index (χ0v) is 19.7. The van der Waals surface area contributed by atoms with Crippen LogP contribution < -0.4 is 14.4 Å². The quantitative estimate of drug-likeness (QED) is 0.549. The summed E-state index contributed by atoms with van der Waals surface area (Å²) in [6.45, 7) is 3.30. The molecule has 0 fully saturated rings. The first-order valence-electron chi connectivity index (χ1n) is 9.14. The fraction of sp³-hybridized carbons (Fsp3) is 0.250. The molecule has 3 aromatic rings. The Kier molecular flexibility index (Phi) is 6.83. The number of amides is 1. The van der Waals surface area contributed by atoms with Gasteiger partial charge in [0.2, 0.25) is 21.1 Å². The number of aryl methyl sites for hydroxylation is 1. The van der Waals surface area contributed by atoms with E-state index in [1.165, 1.54) is 24.3 Å². The van der Waals surface area contributed by atoms with Gasteiger partial charge in [0.25, 0.3) is 0 Å². The van der Waals surface area contributed by atoms with E-state index in [1.807, 2.05) is 19.1 Å². The average Bonchev–Trinajstić information content (AvgIpc) is 3.18. The second kappa shape index (κ2) is 9.21. The number of anilines is 2. The molecule has 0 saturated heterocycles. The molecule has 0 spiro atoms. The molecule has 0 aliphatic carbocycles. The molecule has 0 aliphatic heterocycles. The van der Waals surface area contributed by atoms with E-state index in [4.69, 9.17) is 16.3 Å². The summed E-state index contributed by atoms with van der Waals surface area (Å²) in [6.07, 6.45) is 1.04. The van der Waals surface area contributed by atoms with Crippen LogP contribution in [0.3, 0.4) is 0 Å². The largest absolute Gasteiger partial charge is 0.497 e. The third-order valence-corrected chi connectivity index (χ3v) is 7.03. The van der Waals surface area contributed by atoms with Crippen LogP contribution in [0, 0.1) is 6.92 Å². The van der Waals surface area contributed by atoms with Crippen LogP contribution in [-0.4, -0.2) is 43.9 Å². The van der Waals surface area contributed by atoms with Gasteiger partial charge in [-0.15, -0.1) is 10.2 Å². The maximum atomic E-state index is 12.8. The lowest BCUT2D eigenvalue weighted by Crippen LogP contribution is -2.45. The molecule has 1 atom stereocenters. The van der Waals surface area contributed by atoms with Gasteiger partial charge in [-0.25, -0.2) is 8.42 Å². The van der Waals surface area contributed by atoms with E-state index in [0.717, 1.165) is 21.7 Å². The summed E-state index contributed by atoms with van der Waals surface area (Å²) in [5, 5.41) is 12.0. The Hall–Kier alpha value is -2.69. The van der Waals surface area contributed by atoms with Gasteiger partial charge in [0.1, 0.15) is 16.8 Å². The molecule has 1 N–H and O–H groups in total. The molecule has 1 heterocycles. The Bertz CT molecular complexity index is 1200. The third-order valence-electron chi connectivity index (χ3n) is 4.49. The first-order chi connectivity index (χ1) is 14.6. The van der Waals surface area contributed by atoms with Crippen LogP contribution in [0.1, 0.15) is 12.5 Å². The molecule has 0 saturated carbocycles. The van der Waals surface area contributed by atoms with Crippen LogP contribution >= 0.6 is 22.9 Å². The van der Waals surface area contributed by atoms with E-state index in [0.29, 0.717) is 21.5 Å². The number of ether oxygens (including phenoxy) is 1. The molecule has 0 aliphatic rings. The molecular weight excluding hydrogens is 460 g/mol. The van der Waals surface area contributed by atoms with Gasteiger partial charge in [-0.2, -0.15) is 0 Å². The predicted molar refractivity (Wildman–Crippen MR) is 124 cm³/mol. The summed E-state index contributed by atoms with van der Waals surface area (Å²) in [6, 6.07) is 11.1. The Morgan fingerprint density at radius 1 is 1.19 bits per heavy atom. The molecule has 8 nitrogen and oxygen atoms in total. The van der Waals surface area contributed by atoms with E-state index in [1.54, 1.807) is 31.4 Å². The second-order valence-electron chi connectivity index (χ2n) is 6.80. The van der Waals surface area contributed by atoms with Crippen molar-refractivity contribution in [3.05, 3.63) is 53.1 Å². The summed E-state index contributed by atoms with van der Waals surface area (Å²) >= 11 is 7.34. The average molecular weight is 481 g/mol. The lowest BCUT2D eigenvalue weighted by atomic mass is 10.2. The number of benzene rings is 2. The van der Waals surface area contributed by atoms with Crippen LogP contribution in [0.4, 0.5) is 10.8 Å². The van der Waals surface area contributed by atoms with Crippen molar-refractivity contribution in [3.63, 3.8) is 0 Å². The van der Waals surface area contributed by atoms with E-state index >= 15 is 0 Å². The first kappa shape index (κ1) is 23.0. The fourth-order valence-electron chi connectivity index (χ4n) is 2.86. The summed E-state index contributed by atoms with van der Waals surface area (Å²) < 4.78 is 31.0. The van der Waals surface area contributed by atoms with Crippen molar-refractivity contribution in [3.8, 4) is 16.3 Å². The van der Waals surface area contributed by atoms with Crippen molar-refractivity contribution >= 4 is 49.7 Å². The highest BCUT2D eigenvalue weighted by Gasteiger charge is 2.30. The van der Waals surface area contributed by atoms with E-state index in [9.17, 15) is 13.2 Å². The number of carbonyl (C=O) groups is 1. The van der Waals surface area contributed by atoms with Gasteiger partial charge in [0.05, 0.1) is 19.1 Å². The minimum atomic E-state index is -3.76. The number of methoxy groups -OCH3 is 1. The second-order valence-corrected chi connectivity index (χ2v) is 10.0. The number of halogens is 1. The predicted octanol–water partition coefficient (Wildman–Crippen LogP) is 3.97. The van der Waals surface area contributed by atoms with Gasteiger partial charge in [-0.05, 0) is 55.8 Å². The minimum Gasteiger partial charge on any atom is -0.497 e. The molecule has 2 aromatic carbocycles. The molecule has 0 radical (unpaired) electrons. The topological polar surface area (TPSA) is 101 Å². The van der Waals surface area contributed by atoms with E-state index < -0.39 is 22.0 Å². The molecule has 164 valence electrons. The maximum absolute atomic E-state index is 12.8. The van der Waals surface area contributed by atoms with E-state index in [2.05, 4.69) is 15.5 Å². The monoisotopic (exact) mass is 480 g/mol. The number of rotatable bonds is 7. The lowest BCUT2D eigenvalue weighted by Gasteiger charge is -2.28. The highest BCUT2D eigenvalue weighted by molar-refractivity contribution is 7.92. The smallest absolute Gasteiger partial charge is 0.249 e. The molecule has 1 aromatic heterocycles. The van der Waals surface area contributed by atoms with E-state index in [-0.39, 0.29) is 5.13 Å². The Morgan fingerprint density at radius 2 is 1.87 bits per heavy atom. The van der Waals surface area contributed by atoms with Gasteiger partial charge in [0, 0.05) is 10.6 Å². The lowest BCUT2D eigenvalue weighted by molar-refractivity contribution is -0.116. The van der Waals surface area contributed by atoms with Crippen LogP contribution in [0.5, 0.6) is 5.75 Å². The van der Waals surface area contributed by atoms with Crippen molar-refractivity contribution in [1.29, 1.82) is 0 Å². The molecule has 11 heteroatoms. The van der Waals surface area contributed by atoms with Crippen molar-refractivity contribution in [2.75, 3.05) is 23.0 Å². The van der Waals surface area contributed by atoms with Crippen LogP contribution in [0.15, 0.2) is 42.5 Å². The van der Waals surface area contributed by atoms with Gasteiger partial charge in [0.15, 0.2) is 0 Å². The number of aromatic nitrogens is 2. The Labute approximate surface area is 189 Å². The molecular formula is C20H21ClN4O4S2. The third kappa shape index (κ3) is 5.33. The minimum absolute atomic E-state index is 0.262. The number of nitrogens with one attached hydrogen (secondary N) is 1. The van der Waals surface area contributed by atoms with Crippen molar-refractivity contribution < 1.29 is 17.9 Å². The number of hydrogen-bond donors (Lipinski definition) is 1. The molecule has 1 unspecified atom stereocenters. The Balaban J connectivity index is 1.81. The van der Waals surface area contributed by atoms with Crippen molar-refractivity contribution in [2.45, 2.75) is 19.9 Å². The number of hydrogen-bond acceptors (Lipinski definition) is 7. The van der Waals surface area contributed by atoms with Gasteiger partial charge in [-0.3, -0.25) is 14.4 Å². The van der Waals surface area contributed by atoms with Crippen LogP contribution in [0.25, 0.3) is 10.6 Å². The van der Waals surface area contributed by atoms with Crippen LogP contribution in [0.2, 0.25) is 5.02 Å².